The third-order valence-electron chi connectivity index (χ3n) is 17.8. The summed E-state index contributed by atoms with van der Waals surface area (Å²) >= 11 is 0. The molecule has 4 aliphatic rings. The predicted molar refractivity (Wildman–Crippen MR) is 340 cm³/mol. The van der Waals surface area contributed by atoms with Gasteiger partial charge in [0.25, 0.3) is 13.4 Å². The van der Waals surface area contributed by atoms with Crippen LogP contribution in [0.2, 0.25) is 0 Å². The molecule has 0 fully saturated rings. The van der Waals surface area contributed by atoms with E-state index in [1.165, 1.54) is 110 Å². The fourth-order valence-electron chi connectivity index (χ4n) is 14.5. The molecule has 16 rings (SSSR count). The first kappa shape index (κ1) is 47.0. The van der Waals surface area contributed by atoms with E-state index in [1.807, 2.05) is 0 Å². The van der Waals surface area contributed by atoms with Crippen molar-refractivity contribution >= 4 is 113 Å². The zero-order chi connectivity index (χ0) is 54.1. The van der Waals surface area contributed by atoms with E-state index in [9.17, 15) is 0 Å². The summed E-state index contributed by atoms with van der Waals surface area (Å²) in [5.41, 5.74) is 23.7. The van der Waals surface area contributed by atoms with Crippen LogP contribution in [-0.2, 0) is 10.8 Å². The number of hydrogen-bond donors (Lipinski definition) is 0. The molecular formula is C74H58B2N2O2. The van der Waals surface area contributed by atoms with Crippen LogP contribution < -0.4 is 52.1 Å². The van der Waals surface area contributed by atoms with Gasteiger partial charge < -0.3 is 19.3 Å². The summed E-state index contributed by atoms with van der Waals surface area (Å²) in [6.07, 6.45) is 0. The second-order valence-corrected chi connectivity index (χ2v) is 24.9. The van der Waals surface area contributed by atoms with Crippen LogP contribution in [0.15, 0.2) is 206 Å². The molecular weight excluding hydrogens is 970 g/mol. The van der Waals surface area contributed by atoms with Crippen LogP contribution in [-0.4, -0.2) is 13.4 Å². The Kier molecular flexibility index (Phi) is 9.86. The highest BCUT2D eigenvalue weighted by Gasteiger charge is 2.45. The third-order valence-corrected chi connectivity index (χ3v) is 17.8. The molecule has 0 saturated heterocycles. The number of benzene rings is 12. The number of fused-ring (bicyclic) bond motifs is 8. The van der Waals surface area contributed by atoms with Gasteiger partial charge in [0.2, 0.25) is 0 Å². The monoisotopic (exact) mass is 1030 g/mol. The van der Waals surface area contributed by atoms with E-state index in [0.29, 0.717) is 0 Å². The molecule has 0 saturated carbocycles. The first-order valence-electron chi connectivity index (χ1n) is 28.4. The molecule has 0 unspecified atom stereocenters. The number of para-hydroxylation sites is 4. The fraction of sp³-hybridized carbons (Fsp3) is 0.135. The minimum Gasteiger partial charge on any atom is -0.458 e. The standard InChI is InChI=1S/C74H58B2N2O2/c1-43-29-31-59-63(34-43)79-65-35-44(2)33-53-51-39-57(73(3,4)5)55-42-62-68-52(40-58(74(6,7)8)56-41-61(75(59)71(53)65)67(51)69(55)70(56)68)54-36-50(78(47-25-17-11-18-26-47)48-27-19-12-20-28-48)38-66-72(54)76(62)60-32-30-49(37-64(60)80-66)77(45-21-13-9-14-22-45)46-23-15-10-16-24-46/h9-42H,1-8H3. The third kappa shape index (κ3) is 6.78. The van der Waals surface area contributed by atoms with Gasteiger partial charge in [0, 0.05) is 40.6 Å². The molecule has 4 aliphatic heterocycles. The number of aryl methyl sites for hydroxylation is 2. The summed E-state index contributed by atoms with van der Waals surface area (Å²) in [7, 11) is 0. The fourth-order valence-corrected chi connectivity index (χ4v) is 14.5. The summed E-state index contributed by atoms with van der Waals surface area (Å²) in [6.45, 7) is 18.7. The molecule has 12 aromatic rings. The lowest BCUT2D eigenvalue weighted by Gasteiger charge is -2.39. The quantitative estimate of drug-likeness (QED) is 0.122. The highest BCUT2D eigenvalue weighted by molar-refractivity contribution is 7.01. The molecule has 0 aliphatic carbocycles. The highest BCUT2D eigenvalue weighted by atomic mass is 16.5. The molecule has 0 spiro atoms. The topological polar surface area (TPSA) is 24.9 Å². The summed E-state index contributed by atoms with van der Waals surface area (Å²) in [4.78, 5) is 4.73. The summed E-state index contributed by atoms with van der Waals surface area (Å²) in [5, 5.41) is 8.10. The largest absolute Gasteiger partial charge is 0.458 e. The summed E-state index contributed by atoms with van der Waals surface area (Å²) < 4.78 is 14.6. The molecule has 0 aromatic heterocycles. The van der Waals surface area contributed by atoms with Crippen molar-refractivity contribution < 1.29 is 9.47 Å². The van der Waals surface area contributed by atoms with E-state index in [4.69, 9.17) is 9.47 Å². The smallest absolute Gasteiger partial charge is 0.252 e. The van der Waals surface area contributed by atoms with Crippen LogP contribution >= 0.6 is 0 Å². The van der Waals surface area contributed by atoms with Crippen LogP contribution in [0.25, 0.3) is 54.6 Å². The Bertz CT molecular complexity index is 4500. The van der Waals surface area contributed by atoms with E-state index in [1.54, 1.807) is 0 Å². The molecule has 4 nitrogen and oxygen atoms in total. The van der Waals surface area contributed by atoms with Gasteiger partial charge >= 0.3 is 0 Å². The van der Waals surface area contributed by atoms with Crippen molar-refractivity contribution in [1.29, 1.82) is 0 Å². The van der Waals surface area contributed by atoms with Crippen LogP contribution in [0, 0.1) is 13.8 Å². The van der Waals surface area contributed by atoms with Gasteiger partial charge in [0.05, 0.1) is 5.69 Å². The van der Waals surface area contributed by atoms with E-state index in [2.05, 4.69) is 271 Å². The average molecular weight is 1030 g/mol. The highest BCUT2D eigenvalue weighted by Crippen LogP contribution is 2.52. The predicted octanol–water partition coefficient (Wildman–Crippen LogP) is 15.9. The summed E-state index contributed by atoms with van der Waals surface area (Å²) in [6, 6.07) is 76.7. The van der Waals surface area contributed by atoms with Crippen LogP contribution in [0.4, 0.5) is 34.1 Å². The normalized spacial score (nSPS) is 13.4. The minimum atomic E-state index is -0.224. The van der Waals surface area contributed by atoms with E-state index in [0.717, 1.165) is 57.1 Å². The van der Waals surface area contributed by atoms with Crippen molar-refractivity contribution in [2.75, 3.05) is 9.80 Å². The van der Waals surface area contributed by atoms with E-state index >= 15 is 0 Å². The number of anilines is 6. The zero-order valence-corrected chi connectivity index (χ0v) is 46.5. The molecule has 382 valence electrons. The van der Waals surface area contributed by atoms with Crippen molar-refractivity contribution in [3.05, 3.63) is 229 Å². The molecule has 0 N–H and O–H groups in total. The Morgan fingerprint density at radius 3 is 1.19 bits per heavy atom. The Morgan fingerprint density at radius 1 is 0.312 bits per heavy atom. The second kappa shape index (κ2) is 16.8. The maximum atomic E-state index is 7.57. The number of nitrogens with zero attached hydrogens (tertiary/aromatic N) is 2. The summed E-state index contributed by atoms with van der Waals surface area (Å²) in [5.74, 6) is 3.67. The van der Waals surface area contributed by atoms with Crippen molar-refractivity contribution in [2.24, 2.45) is 0 Å². The van der Waals surface area contributed by atoms with Crippen LogP contribution in [0.1, 0.15) is 63.8 Å². The Morgan fingerprint density at radius 2 is 0.713 bits per heavy atom. The molecule has 0 radical (unpaired) electrons. The molecule has 0 bridgehead atoms. The van der Waals surface area contributed by atoms with Gasteiger partial charge in [-0.1, -0.05) is 162 Å². The van der Waals surface area contributed by atoms with Crippen LogP contribution in [0.3, 0.4) is 0 Å². The lowest BCUT2D eigenvalue weighted by Crippen LogP contribution is -2.58. The maximum Gasteiger partial charge on any atom is 0.252 e. The van der Waals surface area contributed by atoms with Crippen molar-refractivity contribution in [3.8, 4) is 45.3 Å². The van der Waals surface area contributed by atoms with Crippen molar-refractivity contribution in [2.45, 2.75) is 66.2 Å². The Hall–Kier alpha value is -8.99. The van der Waals surface area contributed by atoms with Crippen molar-refractivity contribution in [1.82, 2.24) is 0 Å². The first-order chi connectivity index (χ1) is 38.8. The lowest BCUT2D eigenvalue weighted by atomic mass is 9.31. The van der Waals surface area contributed by atoms with Gasteiger partial charge in [0.1, 0.15) is 23.0 Å². The van der Waals surface area contributed by atoms with Gasteiger partial charge in [-0.3, -0.25) is 0 Å². The molecule has 0 amide bonds. The lowest BCUT2D eigenvalue weighted by molar-refractivity contribution is 0.487. The van der Waals surface area contributed by atoms with Gasteiger partial charge in [-0.15, -0.1) is 0 Å². The average Bonchev–Trinajstić information content (AvgIpc) is 3.07. The number of ether oxygens (including phenoxy) is 2. The molecule has 12 aromatic carbocycles. The molecule has 4 heterocycles. The number of hydrogen-bond acceptors (Lipinski definition) is 4. The van der Waals surface area contributed by atoms with Gasteiger partial charge in [-0.2, -0.15) is 0 Å². The van der Waals surface area contributed by atoms with Gasteiger partial charge in [-0.05, 0) is 208 Å². The molecule has 80 heavy (non-hydrogen) atoms. The second-order valence-electron chi connectivity index (χ2n) is 24.9. The van der Waals surface area contributed by atoms with Gasteiger partial charge in [0.15, 0.2) is 0 Å². The zero-order valence-electron chi connectivity index (χ0n) is 46.5. The van der Waals surface area contributed by atoms with E-state index in [-0.39, 0.29) is 24.3 Å². The number of rotatable bonds is 6. The Balaban J connectivity index is 1.06. The first-order valence-corrected chi connectivity index (χ1v) is 28.4. The van der Waals surface area contributed by atoms with Crippen molar-refractivity contribution in [3.63, 3.8) is 0 Å². The SMILES string of the molecule is Cc1ccc2c(c1)Oc1cc(C)cc3c1B2c1cc2c(C(C)(C)C)cc4c5c(cc6c(C(C)(C)C)cc-3c1c6c25)B1c2ccc(N(c3ccccc3)c3ccccc3)cc2Oc2cc(N(c3ccccc3)c3ccccc3)cc-4c21. The van der Waals surface area contributed by atoms with E-state index < -0.39 is 0 Å². The molecule has 6 heteroatoms. The minimum absolute atomic E-state index is 0.000108. The Labute approximate surface area is 469 Å². The molecule has 0 atom stereocenters. The maximum absolute atomic E-state index is 7.57. The van der Waals surface area contributed by atoms with Crippen LogP contribution in [0.5, 0.6) is 23.0 Å². The van der Waals surface area contributed by atoms with Gasteiger partial charge in [-0.25, -0.2) is 0 Å².